The molecule has 0 bridgehead atoms. The van der Waals surface area contributed by atoms with Gasteiger partial charge in [-0.15, -0.1) is 0 Å². The Kier molecular flexibility index (Phi) is 2.47. The van der Waals surface area contributed by atoms with Gasteiger partial charge in [-0.1, -0.05) is 0 Å². The van der Waals surface area contributed by atoms with Crippen molar-refractivity contribution in [1.82, 2.24) is 9.38 Å². The highest BCUT2D eigenvalue weighted by Gasteiger charge is 2.06. The Labute approximate surface area is 113 Å². The minimum atomic E-state index is 1.00. The largest absolute Gasteiger partial charge is 0.378 e. The molecule has 2 heterocycles. The van der Waals surface area contributed by atoms with E-state index >= 15 is 0 Å². The number of aromatic nitrogens is 2. The second-order valence-corrected chi connectivity index (χ2v) is 5.50. The lowest BCUT2D eigenvalue weighted by atomic mass is 10.2. The topological polar surface area (TPSA) is 20.5 Å². The van der Waals surface area contributed by atoms with Crippen LogP contribution in [-0.4, -0.2) is 23.5 Å². The number of hydrogen-bond acceptors (Lipinski definition) is 2. The van der Waals surface area contributed by atoms with Crippen LogP contribution in [0.2, 0.25) is 0 Å². The maximum Gasteiger partial charge on any atom is 0.138 e. The average Bonchev–Trinajstić information content (AvgIpc) is 2.64. The highest BCUT2D eigenvalue weighted by molar-refractivity contribution is 14.1. The van der Waals surface area contributed by atoms with E-state index in [0.29, 0.717) is 0 Å². The first-order chi connectivity index (χ1) is 8.15. The molecule has 0 unspecified atom stereocenters. The van der Waals surface area contributed by atoms with Crippen LogP contribution in [0.5, 0.6) is 0 Å². The Morgan fingerprint density at radius 3 is 2.76 bits per heavy atom. The van der Waals surface area contributed by atoms with E-state index < -0.39 is 0 Å². The molecule has 3 rings (SSSR count). The summed E-state index contributed by atoms with van der Waals surface area (Å²) in [4.78, 5) is 6.74. The van der Waals surface area contributed by atoms with Crippen molar-refractivity contribution in [1.29, 1.82) is 0 Å². The molecule has 0 aliphatic rings. The average molecular weight is 335 g/mol. The third-order valence-electron chi connectivity index (χ3n) is 2.87. The normalized spacial score (nSPS) is 11.2. The van der Waals surface area contributed by atoms with Gasteiger partial charge in [0.1, 0.15) is 5.65 Å². The van der Waals surface area contributed by atoms with Crippen molar-refractivity contribution in [2.75, 3.05) is 19.0 Å². The van der Waals surface area contributed by atoms with Crippen LogP contribution in [0.25, 0.3) is 16.7 Å². The molecule has 0 saturated carbocycles. The minimum absolute atomic E-state index is 1.00. The number of hydrogen-bond donors (Lipinski definition) is 0. The fourth-order valence-corrected chi connectivity index (χ4v) is 2.40. The second-order valence-electron chi connectivity index (χ2n) is 4.25. The predicted octanol–water partition coefficient (Wildman–Crippen LogP) is 3.16. The number of fused-ring (bicyclic) bond motifs is 3. The van der Waals surface area contributed by atoms with E-state index in [1.165, 1.54) is 9.26 Å². The molecule has 86 valence electrons. The molecule has 2 aromatic heterocycles. The maximum absolute atomic E-state index is 4.65. The fraction of sp³-hybridized carbons (Fsp3) is 0.154. The Morgan fingerprint density at radius 2 is 2.00 bits per heavy atom. The highest BCUT2D eigenvalue weighted by Crippen LogP contribution is 2.22. The van der Waals surface area contributed by atoms with Crippen molar-refractivity contribution >= 4 is 45.0 Å². The van der Waals surface area contributed by atoms with Crippen molar-refractivity contribution in [3.05, 3.63) is 40.1 Å². The van der Waals surface area contributed by atoms with E-state index in [9.17, 15) is 0 Å². The van der Waals surface area contributed by atoms with Gasteiger partial charge < -0.3 is 4.90 Å². The van der Waals surface area contributed by atoms with Gasteiger partial charge in [0, 0.05) is 29.5 Å². The molecule has 0 fully saturated rings. The van der Waals surface area contributed by atoms with Gasteiger partial charge in [-0.25, -0.2) is 4.98 Å². The van der Waals surface area contributed by atoms with Crippen molar-refractivity contribution in [3.8, 4) is 0 Å². The van der Waals surface area contributed by atoms with Gasteiger partial charge in [-0.05, 0) is 52.9 Å². The highest BCUT2D eigenvalue weighted by atomic mass is 125. The zero-order chi connectivity index (χ0) is 12.0. The number of nitrogens with zero attached hydrogens (tertiary/aromatic N) is 3. The Morgan fingerprint density at radius 1 is 1.18 bits per heavy atom. The summed E-state index contributed by atoms with van der Waals surface area (Å²) in [5.74, 6) is 0. The van der Waals surface area contributed by atoms with Crippen LogP contribution in [0.3, 0.4) is 0 Å². The van der Waals surface area contributed by atoms with E-state index in [1.807, 2.05) is 14.1 Å². The molecule has 0 saturated heterocycles. The molecule has 0 amide bonds. The third-order valence-corrected chi connectivity index (χ3v) is 3.54. The van der Waals surface area contributed by atoms with Crippen LogP contribution in [-0.2, 0) is 0 Å². The summed E-state index contributed by atoms with van der Waals surface area (Å²) >= 11 is 2.31. The standard InChI is InChI=1S/C13H12IN3/c1-16(2)10-3-4-12-11(8-10)15-13-7-9(14)5-6-17(12)13/h3-8H,1-2H3/i14-2. The molecule has 3 aromatic rings. The van der Waals surface area contributed by atoms with Gasteiger partial charge in [0.25, 0.3) is 0 Å². The first-order valence-corrected chi connectivity index (χ1v) is 6.48. The number of imidazole rings is 1. The van der Waals surface area contributed by atoms with Crippen LogP contribution in [0.1, 0.15) is 0 Å². The van der Waals surface area contributed by atoms with Gasteiger partial charge >= 0.3 is 0 Å². The van der Waals surface area contributed by atoms with Gasteiger partial charge in [-0.3, -0.25) is 4.40 Å². The molecule has 1 aromatic carbocycles. The first kappa shape index (κ1) is 10.8. The van der Waals surface area contributed by atoms with E-state index in [0.717, 1.165) is 16.7 Å². The van der Waals surface area contributed by atoms with Crippen molar-refractivity contribution in [3.63, 3.8) is 0 Å². The Balaban J connectivity index is 2.35. The zero-order valence-electron chi connectivity index (χ0n) is 9.68. The number of halogens is 1. The summed E-state index contributed by atoms with van der Waals surface area (Å²) in [6.07, 6.45) is 2.07. The Hall–Kier alpha value is -1.30. The molecular weight excluding hydrogens is 323 g/mol. The molecule has 3 nitrogen and oxygen atoms in total. The number of benzene rings is 1. The summed E-state index contributed by atoms with van der Waals surface area (Å²) in [6, 6.07) is 10.5. The van der Waals surface area contributed by atoms with Crippen molar-refractivity contribution < 1.29 is 0 Å². The number of pyridine rings is 1. The third kappa shape index (κ3) is 1.76. The molecule has 0 atom stereocenters. The van der Waals surface area contributed by atoms with Crippen molar-refractivity contribution in [2.45, 2.75) is 0 Å². The number of anilines is 1. The molecule has 0 aliphatic heterocycles. The summed E-state index contributed by atoms with van der Waals surface area (Å²) in [7, 11) is 4.08. The molecule has 0 aliphatic carbocycles. The second kappa shape index (κ2) is 3.87. The molecule has 0 N–H and O–H groups in total. The SMILES string of the molecule is CN(C)c1ccc2c(c1)nc1cc([125I])ccn12. The maximum atomic E-state index is 4.65. The van der Waals surface area contributed by atoms with Gasteiger partial charge in [-0.2, -0.15) is 0 Å². The summed E-state index contributed by atoms with van der Waals surface area (Å²) < 4.78 is 3.33. The quantitative estimate of drug-likeness (QED) is 0.637. The van der Waals surface area contributed by atoms with E-state index in [1.54, 1.807) is 0 Å². The lowest BCUT2D eigenvalue weighted by Gasteiger charge is -2.11. The summed E-state index contributed by atoms with van der Waals surface area (Å²) in [5.41, 5.74) is 4.37. The van der Waals surface area contributed by atoms with Crippen LogP contribution in [0.15, 0.2) is 36.5 Å². The minimum Gasteiger partial charge on any atom is -0.378 e. The zero-order valence-corrected chi connectivity index (χ0v) is 11.8. The monoisotopic (exact) mass is 335 g/mol. The van der Waals surface area contributed by atoms with Crippen LogP contribution in [0, 0.1) is 3.57 Å². The molecule has 4 heteroatoms. The Bertz CT molecular complexity index is 700. The van der Waals surface area contributed by atoms with Crippen molar-refractivity contribution in [2.24, 2.45) is 0 Å². The number of rotatable bonds is 1. The van der Waals surface area contributed by atoms with Gasteiger partial charge in [0.15, 0.2) is 0 Å². The van der Waals surface area contributed by atoms with Crippen LogP contribution < -0.4 is 4.90 Å². The fourth-order valence-electron chi connectivity index (χ4n) is 1.96. The molecular formula is C13H12IN3. The smallest absolute Gasteiger partial charge is 0.138 e. The van der Waals surface area contributed by atoms with Crippen LogP contribution >= 0.6 is 22.6 Å². The first-order valence-electron chi connectivity index (χ1n) is 5.40. The molecule has 17 heavy (non-hydrogen) atoms. The lowest BCUT2D eigenvalue weighted by Crippen LogP contribution is -2.07. The van der Waals surface area contributed by atoms with E-state index in [-0.39, 0.29) is 0 Å². The van der Waals surface area contributed by atoms with Crippen LogP contribution in [0.4, 0.5) is 5.69 Å². The molecule has 0 spiro atoms. The van der Waals surface area contributed by atoms with Gasteiger partial charge in [0.2, 0.25) is 0 Å². The molecule has 0 radical (unpaired) electrons. The van der Waals surface area contributed by atoms with Gasteiger partial charge in [0.05, 0.1) is 11.0 Å². The predicted molar refractivity (Wildman–Crippen MR) is 79.7 cm³/mol. The van der Waals surface area contributed by atoms with E-state index in [4.69, 9.17) is 0 Å². The lowest BCUT2D eigenvalue weighted by molar-refractivity contribution is 1.13. The van der Waals surface area contributed by atoms with E-state index in [2.05, 4.69) is 73.4 Å². The summed E-state index contributed by atoms with van der Waals surface area (Å²) in [5, 5.41) is 0. The summed E-state index contributed by atoms with van der Waals surface area (Å²) in [6.45, 7) is 0.